The maximum Gasteiger partial charge on any atom is 0.325 e. The molecule has 0 N–H and O–H groups in total. The largest absolute Gasteiger partial charge is 0.465 e. The highest BCUT2D eigenvalue weighted by Gasteiger charge is 2.23. The van der Waals surface area contributed by atoms with Gasteiger partial charge in [0.25, 0.3) is 0 Å². The number of anilines is 1. The second-order valence-corrected chi connectivity index (χ2v) is 4.66. The van der Waals surface area contributed by atoms with Crippen molar-refractivity contribution in [3.8, 4) is 0 Å². The number of hydrogen-bond donors (Lipinski definition) is 0. The predicted molar refractivity (Wildman–Crippen MR) is 74.0 cm³/mol. The van der Waals surface area contributed by atoms with E-state index in [4.69, 9.17) is 16.3 Å². The molecule has 0 amide bonds. The van der Waals surface area contributed by atoms with E-state index >= 15 is 0 Å². The van der Waals surface area contributed by atoms with E-state index < -0.39 is 0 Å². The molecule has 1 heterocycles. The third-order valence-electron chi connectivity index (χ3n) is 3.00. The van der Waals surface area contributed by atoms with Gasteiger partial charge in [-0.3, -0.25) is 4.79 Å². The summed E-state index contributed by atoms with van der Waals surface area (Å²) < 4.78 is 4.95. The van der Waals surface area contributed by atoms with E-state index in [1.807, 2.05) is 16.9 Å². The summed E-state index contributed by atoms with van der Waals surface area (Å²) >= 11 is 5.95. The molecule has 1 aliphatic rings. The van der Waals surface area contributed by atoms with E-state index in [0.717, 1.165) is 11.3 Å². The zero-order valence-electron chi connectivity index (χ0n) is 10.6. The Labute approximate surface area is 116 Å². The average Bonchev–Trinajstić information content (AvgIpc) is 2.39. The summed E-state index contributed by atoms with van der Waals surface area (Å²) in [6.07, 6.45) is 0.552. The lowest BCUT2D eigenvalue weighted by Crippen LogP contribution is -2.34. The summed E-state index contributed by atoms with van der Waals surface area (Å²) in [4.78, 5) is 24.4. The normalized spacial score (nSPS) is 13.8. The molecule has 19 heavy (non-hydrogen) atoms. The van der Waals surface area contributed by atoms with E-state index in [2.05, 4.69) is 0 Å². The molecule has 0 fully saturated rings. The Morgan fingerprint density at radius 2 is 2.32 bits per heavy atom. The fourth-order valence-electron chi connectivity index (χ4n) is 2.16. The van der Waals surface area contributed by atoms with Crippen molar-refractivity contribution in [2.45, 2.75) is 13.3 Å². The molecular formula is C14H14ClNO3. The van der Waals surface area contributed by atoms with Gasteiger partial charge in [-0.15, -0.1) is 0 Å². The van der Waals surface area contributed by atoms with Crippen molar-refractivity contribution in [3.05, 3.63) is 28.8 Å². The molecule has 1 aliphatic heterocycles. The molecule has 0 spiro atoms. The van der Waals surface area contributed by atoms with Crippen LogP contribution in [0.4, 0.5) is 5.69 Å². The molecule has 5 heteroatoms. The van der Waals surface area contributed by atoms with Crippen LogP contribution < -0.4 is 4.90 Å². The van der Waals surface area contributed by atoms with Gasteiger partial charge in [-0.2, -0.15) is 0 Å². The molecule has 0 atom stereocenters. The van der Waals surface area contributed by atoms with Gasteiger partial charge in [0.05, 0.1) is 6.61 Å². The van der Waals surface area contributed by atoms with Gasteiger partial charge in [-0.1, -0.05) is 11.6 Å². The second-order valence-electron chi connectivity index (χ2n) is 4.22. The van der Waals surface area contributed by atoms with Crippen LogP contribution in [-0.2, 0) is 14.3 Å². The predicted octanol–water partition coefficient (Wildman–Crippen LogP) is 2.33. The summed E-state index contributed by atoms with van der Waals surface area (Å²) in [5, 5.41) is 0.560. The number of fused-ring (bicyclic) bond motifs is 1. The Hall–Kier alpha value is -1.77. The summed E-state index contributed by atoms with van der Waals surface area (Å²) in [6, 6.07) is 5.29. The SMILES string of the molecule is CCOC(=O)CN1CCC(=C=O)c2cc(Cl)ccc21. The number of nitrogens with zero attached hydrogens (tertiary/aromatic N) is 1. The third kappa shape index (κ3) is 2.98. The Morgan fingerprint density at radius 1 is 1.53 bits per heavy atom. The van der Waals surface area contributed by atoms with Gasteiger partial charge < -0.3 is 9.64 Å². The quantitative estimate of drug-likeness (QED) is 0.629. The molecule has 0 saturated heterocycles. The second kappa shape index (κ2) is 5.91. The van der Waals surface area contributed by atoms with Gasteiger partial charge >= 0.3 is 5.97 Å². The van der Waals surface area contributed by atoms with Crippen LogP contribution in [0.3, 0.4) is 0 Å². The van der Waals surface area contributed by atoms with Gasteiger partial charge in [0.1, 0.15) is 12.5 Å². The number of ether oxygens (including phenoxy) is 1. The van der Waals surface area contributed by atoms with Crippen molar-refractivity contribution in [1.82, 2.24) is 0 Å². The molecule has 100 valence electrons. The zero-order chi connectivity index (χ0) is 13.8. The van der Waals surface area contributed by atoms with Crippen LogP contribution in [0.5, 0.6) is 0 Å². The molecule has 0 radical (unpaired) electrons. The molecule has 4 nitrogen and oxygen atoms in total. The molecule has 1 aromatic carbocycles. The van der Waals surface area contributed by atoms with Crippen LogP contribution in [0.1, 0.15) is 18.9 Å². The Bertz CT molecular complexity index is 550. The molecule has 0 bridgehead atoms. The number of benzene rings is 1. The van der Waals surface area contributed by atoms with Crippen LogP contribution in [0.15, 0.2) is 18.2 Å². The first kappa shape index (κ1) is 13.7. The number of esters is 1. The van der Waals surface area contributed by atoms with Crippen LogP contribution >= 0.6 is 11.6 Å². The number of carbonyl (C=O) groups is 1. The van der Waals surface area contributed by atoms with E-state index in [0.29, 0.717) is 30.2 Å². The highest BCUT2D eigenvalue weighted by Crippen LogP contribution is 2.34. The van der Waals surface area contributed by atoms with E-state index in [-0.39, 0.29) is 12.5 Å². The number of rotatable bonds is 3. The molecule has 0 aromatic heterocycles. The molecule has 0 aliphatic carbocycles. The summed E-state index contributed by atoms with van der Waals surface area (Å²) in [6.45, 7) is 2.90. The van der Waals surface area contributed by atoms with Gasteiger partial charge in [0.15, 0.2) is 0 Å². The first-order valence-corrected chi connectivity index (χ1v) is 6.48. The van der Waals surface area contributed by atoms with Gasteiger partial charge in [0.2, 0.25) is 0 Å². The van der Waals surface area contributed by atoms with Crippen molar-refractivity contribution in [2.24, 2.45) is 0 Å². The van der Waals surface area contributed by atoms with Crippen molar-refractivity contribution in [3.63, 3.8) is 0 Å². The zero-order valence-corrected chi connectivity index (χ0v) is 11.4. The van der Waals surface area contributed by atoms with E-state index in [1.54, 1.807) is 19.1 Å². The lowest BCUT2D eigenvalue weighted by molar-refractivity contribution is -0.141. The minimum Gasteiger partial charge on any atom is -0.465 e. The van der Waals surface area contributed by atoms with Crippen LogP contribution in [0.2, 0.25) is 5.02 Å². The highest BCUT2D eigenvalue weighted by molar-refractivity contribution is 6.31. The van der Waals surface area contributed by atoms with Crippen molar-refractivity contribution >= 4 is 34.8 Å². The molecule has 0 saturated carbocycles. The van der Waals surface area contributed by atoms with Crippen molar-refractivity contribution in [2.75, 3.05) is 24.6 Å². The fourth-order valence-corrected chi connectivity index (χ4v) is 2.33. The van der Waals surface area contributed by atoms with Gasteiger partial charge in [0, 0.05) is 34.8 Å². The fraction of sp³-hybridized carbons (Fsp3) is 0.357. The van der Waals surface area contributed by atoms with E-state index in [9.17, 15) is 9.59 Å². The smallest absolute Gasteiger partial charge is 0.325 e. The molecule has 0 unspecified atom stereocenters. The molecule has 1 aromatic rings. The van der Waals surface area contributed by atoms with Crippen LogP contribution in [0, 0.1) is 0 Å². The van der Waals surface area contributed by atoms with Crippen molar-refractivity contribution < 1.29 is 14.3 Å². The Balaban J connectivity index is 2.31. The van der Waals surface area contributed by atoms with Crippen LogP contribution in [0.25, 0.3) is 5.57 Å². The maximum absolute atomic E-state index is 11.6. The summed E-state index contributed by atoms with van der Waals surface area (Å²) in [5.74, 6) is 1.68. The Morgan fingerprint density at radius 3 is 3.00 bits per heavy atom. The number of hydrogen-bond acceptors (Lipinski definition) is 4. The van der Waals surface area contributed by atoms with Gasteiger partial charge in [-0.05, 0) is 25.1 Å². The van der Waals surface area contributed by atoms with Crippen LogP contribution in [-0.4, -0.2) is 31.6 Å². The lowest BCUT2D eigenvalue weighted by Gasteiger charge is -2.30. The number of carbonyl (C=O) groups excluding carboxylic acids is 2. The topological polar surface area (TPSA) is 46.6 Å². The summed E-state index contributed by atoms with van der Waals surface area (Å²) in [7, 11) is 0. The minimum atomic E-state index is -0.276. The number of halogens is 1. The summed E-state index contributed by atoms with van der Waals surface area (Å²) in [5.41, 5.74) is 2.16. The average molecular weight is 280 g/mol. The van der Waals surface area contributed by atoms with E-state index in [1.165, 1.54) is 0 Å². The third-order valence-corrected chi connectivity index (χ3v) is 3.24. The standard InChI is InChI=1S/C14H14ClNO3/c1-2-19-14(18)8-16-6-5-10(9-17)12-7-11(15)3-4-13(12)16/h3-4,7H,2,5-6,8H2,1H3. The van der Waals surface area contributed by atoms with Crippen molar-refractivity contribution in [1.29, 1.82) is 0 Å². The first-order valence-electron chi connectivity index (χ1n) is 6.10. The monoisotopic (exact) mass is 279 g/mol. The molecule has 2 rings (SSSR count). The Kier molecular flexibility index (Phi) is 4.25. The molecular weight excluding hydrogens is 266 g/mol. The minimum absolute atomic E-state index is 0.175. The maximum atomic E-state index is 11.6. The lowest BCUT2D eigenvalue weighted by atomic mass is 9.97. The first-order chi connectivity index (χ1) is 9.15. The highest BCUT2D eigenvalue weighted by atomic mass is 35.5. The van der Waals surface area contributed by atoms with Gasteiger partial charge in [-0.25, -0.2) is 4.79 Å².